The lowest BCUT2D eigenvalue weighted by Gasteiger charge is -2.30. The summed E-state index contributed by atoms with van der Waals surface area (Å²) >= 11 is 0. The zero-order valence-corrected chi connectivity index (χ0v) is 9.72. The summed E-state index contributed by atoms with van der Waals surface area (Å²) in [5.74, 6) is 1.43. The van der Waals surface area contributed by atoms with Gasteiger partial charge in [0.25, 0.3) is 0 Å². The Hall–Kier alpha value is -0.0900. The molecule has 2 atom stereocenters. The SMILES string of the molecule is CS(=O)(=O)CCC1CCCCC1CN. The number of hydrogen-bond acceptors (Lipinski definition) is 3. The van der Waals surface area contributed by atoms with Crippen molar-refractivity contribution < 1.29 is 8.42 Å². The van der Waals surface area contributed by atoms with Gasteiger partial charge in [-0.25, -0.2) is 8.42 Å². The molecule has 3 nitrogen and oxygen atoms in total. The molecular formula is C10H21NO2S. The summed E-state index contributed by atoms with van der Waals surface area (Å²) in [5.41, 5.74) is 5.68. The van der Waals surface area contributed by atoms with Gasteiger partial charge in [0.2, 0.25) is 0 Å². The van der Waals surface area contributed by atoms with Crippen LogP contribution >= 0.6 is 0 Å². The van der Waals surface area contributed by atoms with E-state index in [1.165, 1.54) is 25.5 Å². The highest BCUT2D eigenvalue weighted by Gasteiger charge is 2.24. The Kier molecular flexibility index (Phi) is 4.38. The topological polar surface area (TPSA) is 60.2 Å². The summed E-state index contributed by atoms with van der Waals surface area (Å²) in [4.78, 5) is 0. The average molecular weight is 219 g/mol. The summed E-state index contributed by atoms with van der Waals surface area (Å²) in [7, 11) is -2.80. The van der Waals surface area contributed by atoms with Gasteiger partial charge < -0.3 is 5.73 Å². The fraction of sp³-hybridized carbons (Fsp3) is 1.00. The molecule has 1 saturated carbocycles. The van der Waals surface area contributed by atoms with Crippen LogP contribution in [-0.4, -0.2) is 27.0 Å². The third-order valence-corrected chi connectivity index (χ3v) is 4.21. The second kappa shape index (κ2) is 5.12. The summed E-state index contributed by atoms with van der Waals surface area (Å²) in [6.07, 6.45) is 6.97. The van der Waals surface area contributed by atoms with Gasteiger partial charge in [-0.3, -0.25) is 0 Å². The molecule has 1 aliphatic carbocycles. The van der Waals surface area contributed by atoms with E-state index >= 15 is 0 Å². The molecule has 4 heteroatoms. The van der Waals surface area contributed by atoms with Crippen LogP contribution in [-0.2, 0) is 9.84 Å². The van der Waals surface area contributed by atoms with Crippen LogP contribution in [0, 0.1) is 11.8 Å². The number of nitrogens with two attached hydrogens (primary N) is 1. The highest BCUT2D eigenvalue weighted by molar-refractivity contribution is 7.90. The van der Waals surface area contributed by atoms with Crippen molar-refractivity contribution in [2.45, 2.75) is 32.1 Å². The zero-order chi connectivity index (χ0) is 10.6. The Morgan fingerprint density at radius 3 is 2.29 bits per heavy atom. The lowest BCUT2D eigenvalue weighted by Crippen LogP contribution is -2.28. The van der Waals surface area contributed by atoms with Crippen LogP contribution in [0.3, 0.4) is 0 Å². The highest BCUT2D eigenvalue weighted by atomic mass is 32.2. The molecule has 0 aromatic carbocycles. The maximum Gasteiger partial charge on any atom is 0.147 e. The summed E-state index contributed by atoms with van der Waals surface area (Å²) in [6.45, 7) is 0.717. The van der Waals surface area contributed by atoms with Crippen molar-refractivity contribution in [3.05, 3.63) is 0 Å². The van der Waals surface area contributed by atoms with Crippen molar-refractivity contribution in [1.82, 2.24) is 0 Å². The first-order valence-corrected chi connectivity index (χ1v) is 7.47. The number of sulfone groups is 1. The summed E-state index contributed by atoms with van der Waals surface area (Å²) in [5, 5.41) is 0. The van der Waals surface area contributed by atoms with E-state index in [-0.39, 0.29) is 0 Å². The molecule has 14 heavy (non-hydrogen) atoms. The van der Waals surface area contributed by atoms with Crippen LogP contribution in [0.15, 0.2) is 0 Å². The van der Waals surface area contributed by atoms with Gasteiger partial charge in [-0.15, -0.1) is 0 Å². The van der Waals surface area contributed by atoms with Crippen molar-refractivity contribution in [3.8, 4) is 0 Å². The Labute approximate surface area is 87.0 Å². The van der Waals surface area contributed by atoms with Crippen molar-refractivity contribution in [2.24, 2.45) is 17.6 Å². The first-order chi connectivity index (χ1) is 6.53. The molecule has 1 fully saturated rings. The molecule has 0 aromatic heterocycles. The van der Waals surface area contributed by atoms with E-state index in [0.29, 0.717) is 24.1 Å². The predicted molar refractivity (Wildman–Crippen MR) is 58.8 cm³/mol. The second-order valence-corrected chi connectivity index (χ2v) is 6.72. The van der Waals surface area contributed by atoms with E-state index in [2.05, 4.69) is 0 Å². The van der Waals surface area contributed by atoms with Crippen LogP contribution in [0.4, 0.5) is 0 Å². The van der Waals surface area contributed by atoms with Gasteiger partial charge in [-0.1, -0.05) is 19.3 Å². The van der Waals surface area contributed by atoms with Crippen LogP contribution in [0.1, 0.15) is 32.1 Å². The third-order valence-electron chi connectivity index (χ3n) is 3.23. The van der Waals surface area contributed by atoms with Crippen molar-refractivity contribution >= 4 is 9.84 Å². The van der Waals surface area contributed by atoms with Gasteiger partial charge in [-0.05, 0) is 31.2 Å². The van der Waals surface area contributed by atoms with Crippen molar-refractivity contribution in [2.75, 3.05) is 18.6 Å². The molecule has 0 aromatic rings. The minimum Gasteiger partial charge on any atom is -0.330 e. The monoisotopic (exact) mass is 219 g/mol. The first kappa shape index (κ1) is 12.0. The van der Waals surface area contributed by atoms with Crippen LogP contribution in [0.25, 0.3) is 0 Å². The minimum absolute atomic E-state index is 0.328. The van der Waals surface area contributed by atoms with Crippen molar-refractivity contribution in [1.29, 1.82) is 0 Å². The van der Waals surface area contributed by atoms with E-state index in [4.69, 9.17) is 5.73 Å². The Morgan fingerprint density at radius 2 is 1.79 bits per heavy atom. The van der Waals surface area contributed by atoms with E-state index in [0.717, 1.165) is 12.8 Å². The molecule has 0 saturated heterocycles. The Bertz CT molecular complexity index is 261. The van der Waals surface area contributed by atoms with Gasteiger partial charge in [0.1, 0.15) is 9.84 Å². The second-order valence-electron chi connectivity index (χ2n) is 4.46. The molecule has 0 radical (unpaired) electrons. The molecule has 1 aliphatic rings. The molecule has 0 heterocycles. The van der Waals surface area contributed by atoms with Gasteiger partial charge in [-0.2, -0.15) is 0 Å². The maximum atomic E-state index is 11.0. The summed E-state index contributed by atoms with van der Waals surface area (Å²) in [6, 6.07) is 0. The average Bonchev–Trinajstić information content (AvgIpc) is 2.14. The molecule has 84 valence electrons. The first-order valence-electron chi connectivity index (χ1n) is 5.40. The Balaban J connectivity index is 2.41. The minimum atomic E-state index is -2.80. The highest BCUT2D eigenvalue weighted by Crippen LogP contribution is 2.31. The van der Waals surface area contributed by atoms with Gasteiger partial charge in [0, 0.05) is 6.26 Å². The van der Waals surface area contributed by atoms with E-state index in [1.54, 1.807) is 0 Å². The largest absolute Gasteiger partial charge is 0.330 e. The number of rotatable bonds is 4. The summed E-state index contributed by atoms with van der Waals surface area (Å²) < 4.78 is 22.1. The van der Waals surface area contributed by atoms with Crippen LogP contribution in [0.2, 0.25) is 0 Å². The van der Waals surface area contributed by atoms with E-state index in [9.17, 15) is 8.42 Å². The fourth-order valence-electron chi connectivity index (χ4n) is 2.34. The van der Waals surface area contributed by atoms with Crippen LogP contribution in [0.5, 0.6) is 0 Å². The van der Waals surface area contributed by atoms with E-state index in [1.807, 2.05) is 0 Å². The molecule has 0 aliphatic heterocycles. The Morgan fingerprint density at radius 1 is 1.21 bits per heavy atom. The van der Waals surface area contributed by atoms with Gasteiger partial charge in [0.05, 0.1) is 5.75 Å². The molecular weight excluding hydrogens is 198 g/mol. The van der Waals surface area contributed by atoms with Gasteiger partial charge >= 0.3 is 0 Å². The molecule has 2 N–H and O–H groups in total. The lowest BCUT2D eigenvalue weighted by molar-refractivity contribution is 0.237. The predicted octanol–water partition coefficient (Wildman–Crippen LogP) is 1.19. The standard InChI is InChI=1S/C10H21NO2S/c1-14(12,13)7-6-9-4-2-3-5-10(9)8-11/h9-10H,2-8,11H2,1H3. The molecule has 0 amide bonds. The number of hydrogen-bond donors (Lipinski definition) is 1. The third kappa shape index (κ3) is 3.96. The smallest absolute Gasteiger partial charge is 0.147 e. The van der Waals surface area contributed by atoms with Crippen LogP contribution < -0.4 is 5.73 Å². The zero-order valence-electron chi connectivity index (χ0n) is 8.91. The molecule has 1 rings (SSSR count). The quantitative estimate of drug-likeness (QED) is 0.772. The lowest BCUT2D eigenvalue weighted by atomic mass is 9.78. The molecule has 0 spiro atoms. The normalized spacial score (nSPS) is 29.0. The molecule has 2 unspecified atom stereocenters. The van der Waals surface area contributed by atoms with Gasteiger partial charge in [0.15, 0.2) is 0 Å². The van der Waals surface area contributed by atoms with Crippen molar-refractivity contribution in [3.63, 3.8) is 0 Å². The maximum absolute atomic E-state index is 11.0. The molecule has 0 bridgehead atoms. The fourth-order valence-corrected chi connectivity index (χ4v) is 3.07. The van der Waals surface area contributed by atoms with E-state index < -0.39 is 9.84 Å².